The first-order valence-electron chi connectivity index (χ1n) is 4.09. The lowest BCUT2D eigenvalue weighted by molar-refractivity contribution is -0.131. The van der Waals surface area contributed by atoms with Crippen LogP contribution >= 0.6 is 11.3 Å². The molecule has 1 aromatic rings. The van der Waals surface area contributed by atoms with Crippen molar-refractivity contribution < 1.29 is 9.90 Å². The van der Waals surface area contributed by atoms with E-state index in [1.54, 1.807) is 6.20 Å². The van der Waals surface area contributed by atoms with Gasteiger partial charge >= 0.3 is 5.97 Å². The van der Waals surface area contributed by atoms with Gasteiger partial charge in [-0.1, -0.05) is 0 Å². The fourth-order valence-corrected chi connectivity index (χ4v) is 1.64. The Labute approximate surface area is 86.3 Å². The van der Waals surface area contributed by atoms with E-state index in [0.29, 0.717) is 0 Å². The van der Waals surface area contributed by atoms with Gasteiger partial charge in [-0.05, 0) is 13.8 Å². The molecule has 0 saturated carbocycles. The van der Waals surface area contributed by atoms with Gasteiger partial charge < -0.3 is 10.4 Å². The summed E-state index contributed by atoms with van der Waals surface area (Å²) in [6.07, 6.45) is 4.21. The Hall–Kier alpha value is -1.36. The Balaban J connectivity index is 2.63. The van der Waals surface area contributed by atoms with Gasteiger partial charge in [-0.3, -0.25) is 0 Å². The third kappa shape index (κ3) is 2.85. The summed E-state index contributed by atoms with van der Waals surface area (Å²) < 4.78 is 0. The molecular weight excluding hydrogens is 200 g/mol. The van der Waals surface area contributed by atoms with Gasteiger partial charge in [-0.15, -0.1) is 11.3 Å². The third-order valence-corrected chi connectivity index (χ3v) is 2.73. The Morgan fingerprint density at radius 2 is 2.43 bits per heavy atom. The lowest BCUT2D eigenvalue weighted by atomic mass is 10.1. The number of carboxylic acids is 1. The maximum atomic E-state index is 10.2. The summed E-state index contributed by atoms with van der Waals surface area (Å²) in [6, 6.07) is 0. The van der Waals surface area contributed by atoms with Crippen molar-refractivity contribution in [3.05, 3.63) is 28.9 Å². The maximum absolute atomic E-state index is 10.2. The second kappa shape index (κ2) is 4.23. The van der Waals surface area contributed by atoms with Crippen molar-refractivity contribution in [3.63, 3.8) is 0 Å². The zero-order valence-electron chi connectivity index (χ0n) is 8.02. The van der Waals surface area contributed by atoms with Crippen LogP contribution in [0.3, 0.4) is 0 Å². The number of aromatic nitrogens is 1. The minimum absolute atomic E-state index is 0.333. The highest BCUT2D eigenvalue weighted by atomic mass is 32.1. The maximum Gasteiger partial charge on any atom is 0.329 e. The molecule has 2 N–H and O–H groups in total. The van der Waals surface area contributed by atoms with Crippen LogP contribution in [0.1, 0.15) is 18.9 Å². The van der Waals surface area contributed by atoms with E-state index in [9.17, 15) is 4.79 Å². The van der Waals surface area contributed by atoms with Gasteiger partial charge in [0.25, 0.3) is 0 Å². The predicted octanol–water partition coefficient (Wildman–Crippen LogP) is 1.57. The van der Waals surface area contributed by atoms with E-state index in [2.05, 4.69) is 10.3 Å². The van der Waals surface area contributed by atoms with Crippen molar-refractivity contribution in [1.29, 1.82) is 0 Å². The molecule has 0 aliphatic rings. The molecule has 0 spiro atoms. The van der Waals surface area contributed by atoms with E-state index in [-0.39, 0.29) is 5.54 Å². The normalized spacial score (nSPS) is 11.9. The minimum atomic E-state index is -0.965. The summed E-state index contributed by atoms with van der Waals surface area (Å²) in [5.41, 5.74) is -0.333. The molecule has 0 bridgehead atoms. The average molecular weight is 212 g/mol. The van der Waals surface area contributed by atoms with E-state index >= 15 is 0 Å². The zero-order chi connectivity index (χ0) is 10.6. The van der Waals surface area contributed by atoms with Crippen LogP contribution in [0.25, 0.3) is 0 Å². The van der Waals surface area contributed by atoms with E-state index in [0.717, 1.165) is 11.1 Å². The molecule has 0 atom stereocenters. The summed E-state index contributed by atoms with van der Waals surface area (Å²) in [5.74, 6) is -0.965. The molecule has 1 aromatic heterocycles. The molecule has 0 aromatic carbocycles. The predicted molar refractivity (Wildman–Crippen MR) is 55.1 cm³/mol. The Bertz CT molecular complexity index is 331. The van der Waals surface area contributed by atoms with Gasteiger partial charge in [0, 0.05) is 23.9 Å². The van der Waals surface area contributed by atoms with Gasteiger partial charge in [0.1, 0.15) is 5.01 Å². The fourth-order valence-electron chi connectivity index (χ4n) is 0.915. The van der Waals surface area contributed by atoms with Crippen molar-refractivity contribution in [1.82, 2.24) is 10.3 Å². The topological polar surface area (TPSA) is 62.2 Å². The first-order valence-corrected chi connectivity index (χ1v) is 4.97. The Morgan fingerprint density at radius 1 is 1.71 bits per heavy atom. The summed E-state index contributed by atoms with van der Waals surface area (Å²) in [4.78, 5) is 14.4. The Morgan fingerprint density at radius 3 is 2.93 bits per heavy atom. The van der Waals surface area contributed by atoms with E-state index in [1.807, 2.05) is 19.2 Å². The molecule has 1 rings (SSSR count). The number of nitrogens with zero attached hydrogens (tertiary/aromatic N) is 1. The molecule has 0 unspecified atom stereocenters. The standard InChI is InChI=1S/C9H12N2O2S/c1-9(2,8-10-5-6-14-8)11-4-3-7(12)13/h3-6,11H,1-2H3,(H,12,13)/b4-3+. The number of hydrogen-bond acceptors (Lipinski definition) is 4. The molecule has 0 fully saturated rings. The van der Waals surface area contributed by atoms with Crippen molar-refractivity contribution in [2.75, 3.05) is 0 Å². The molecule has 76 valence electrons. The van der Waals surface area contributed by atoms with Gasteiger partial charge in [-0.25, -0.2) is 9.78 Å². The molecule has 0 aliphatic carbocycles. The van der Waals surface area contributed by atoms with E-state index in [4.69, 9.17) is 5.11 Å². The van der Waals surface area contributed by atoms with Gasteiger partial charge in [0.2, 0.25) is 0 Å². The van der Waals surface area contributed by atoms with Crippen LogP contribution in [-0.4, -0.2) is 16.1 Å². The smallest absolute Gasteiger partial charge is 0.329 e. The number of aliphatic carboxylic acids is 1. The molecule has 0 saturated heterocycles. The van der Waals surface area contributed by atoms with Crippen molar-refractivity contribution in [2.45, 2.75) is 19.4 Å². The molecule has 1 heterocycles. The summed E-state index contributed by atoms with van der Waals surface area (Å²) in [6.45, 7) is 3.88. The number of carboxylic acid groups (broad SMARTS) is 1. The quantitative estimate of drug-likeness (QED) is 0.744. The largest absolute Gasteiger partial charge is 0.478 e. The molecular formula is C9H12N2O2S. The van der Waals surface area contributed by atoms with Crippen LogP contribution in [0, 0.1) is 0 Å². The molecule has 0 radical (unpaired) electrons. The van der Waals surface area contributed by atoms with Crippen LogP contribution in [0.5, 0.6) is 0 Å². The van der Waals surface area contributed by atoms with Crippen LogP contribution in [0.15, 0.2) is 23.9 Å². The highest BCUT2D eigenvalue weighted by Gasteiger charge is 2.20. The number of nitrogens with one attached hydrogen (secondary N) is 1. The van der Waals surface area contributed by atoms with Crippen LogP contribution < -0.4 is 5.32 Å². The highest BCUT2D eigenvalue weighted by molar-refractivity contribution is 7.09. The second-order valence-corrected chi connectivity index (χ2v) is 4.17. The number of thiazole rings is 1. The molecule has 14 heavy (non-hydrogen) atoms. The second-order valence-electron chi connectivity index (χ2n) is 3.28. The monoisotopic (exact) mass is 212 g/mol. The van der Waals surface area contributed by atoms with Gasteiger partial charge in [0.05, 0.1) is 5.54 Å². The molecule has 5 heteroatoms. The molecule has 4 nitrogen and oxygen atoms in total. The highest BCUT2D eigenvalue weighted by Crippen LogP contribution is 2.21. The minimum Gasteiger partial charge on any atom is -0.478 e. The third-order valence-electron chi connectivity index (χ3n) is 1.64. The Kier molecular flexibility index (Phi) is 3.24. The molecule has 0 amide bonds. The summed E-state index contributed by atoms with van der Waals surface area (Å²) in [7, 11) is 0. The van der Waals surface area contributed by atoms with E-state index in [1.165, 1.54) is 17.5 Å². The summed E-state index contributed by atoms with van der Waals surface area (Å²) in [5, 5.41) is 14.2. The van der Waals surface area contributed by atoms with Crippen LogP contribution in [0.4, 0.5) is 0 Å². The van der Waals surface area contributed by atoms with Crippen molar-refractivity contribution in [3.8, 4) is 0 Å². The lowest BCUT2D eigenvalue weighted by Crippen LogP contribution is -2.32. The SMILES string of the molecule is CC(C)(N/C=C/C(=O)O)c1nccs1. The van der Waals surface area contributed by atoms with Gasteiger partial charge in [0.15, 0.2) is 0 Å². The van der Waals surface area contributed by atoms with Crippen molar-refractivity contribution >= 4 is 17.3 Å². The first kappa shape index (κ1) is 10.7. The van der Waals surface area contributed by atoms with Crippen LogP contribution in [-0.2, 0) is 10.3 Å². The van der Waals surface area contributed by atoms with Gasteiger partial charge in [-0.2, -0.15) is 0 Å². The number of hydrogen-bond donors (Lipinski definition) is 2. The number of carbonyl (C=O) groups is 1. The van der Waals surface area contributed by atoms with E-state index < -0.39 is 5.97 Å². The molecule has 0 aliphatic heterocycles. The first-order chi connectivity index (χ1) is 6.52. The lowest BCUT2D eigenvalue weighted by Gasteiger charge is -2.22. The zero-order valence-corrected chi connectivity index (χ0v) is 8.84. The van der Waals surface area contributed by atoms with Crippen molar-refractivity contribution in [2.24, 2.45) is 0 Å². The fraction of sp³-hybridized carbons (Fsp3) is 0.333. The number of rotatable bonds is 4. The van der Waals surface area contributed by atoms with Crippen LogP contribution in [0.2, 0.25) is 0 Å². The average Bonchev–Trinajstić information content (AvgIpc) is 2.54. The summed E-state index contributed by atoms with van der Waals surface area (Å²) >= 11 is 1.53.